The second-order valence-electron chi connectivity index (χ2n) is 6.81. The quantitative estimate of drug-likeness (QED) is 0.399. The molecule has 1 saturated carbocycles. The van der Waals surface area contributed by atoms with E-state index in [1.165, 1.54) is 31.2 Å². The maximum Gasteiger partial charge on any atom is 0.191 e. The molecule has 0 radical (unpaired) electrons. The van der Waals surface area contributed by atoms with Crippen LogP contribution in [0.2, 0.25) is 5.15 Å². The number of ether oxygens (including phenoxy) is 1. The number of pyridine rings is 1. The maximum atomic E-state index is 5.83. The Kier molecular flexibility index (Phi) is 8.49. The molecule has 6 heteroatoms. The molecular weight excluding hydrogens is 336 g/mol. The van der Waals surface area contributed by atoms with E-state index in [0.717, 1.165) is 45.0 Å². The first-order valence-electron chi connectivity index (χ1n) is 9.29. The summed E-state index contributed by atoms with van der Waals surface area (Å²) >= 11 is 5.83. The van der Waals surface area contributed by atoms with Crippen LogP contribution in [0.5, 0.6) is 0 Å². The molecule has 0 atom stereocenters. The van der Waals surface area contributed by atoms with Crippen molar-refractivity contribution in [2.45, 2.75) is 45.4 Å². The van der Waals surface area contributed by atoms with E-state index in [0.29, 0.717) is 10.6 Å². The van der Waals surface area contributed by atoms with Gasteiger partial charge in [-0.15, -0.1) is 0 Å². The summed E-state index contributed by atoms with van der Waals surface area (Å²) < 4.78 is 5.31. The van der Waals surface area contributed by atoms with Gasteiger partial charge in [-0.25, -0.2) is 4.98 Å². The highest BCUT2D eigenvalue weighted by Crippen LogP contribution is 2.41. The number of halogens is 1. The molecule has 5 nitrogen and oxygen atoms in total. The molecule has 0 bridgehead atoms. The number of rotatable bonds is 9. The standard InChI is InChI=1S/C19H31ClN4O/c1-3-21-18(22-12-8-16-6-7-17(20)23-14-16)24-15-19(11-13-25-2)9-4-5-10-19/h6-7,14H,3-5,8-13,15H2,1-2H3,(H2,21,22,24). The van der Waals surface area contributed by atoms with E-state index in [1.54, 1.807) is 7.11 Å². The number of hydrogen-bond donors (Lipinski definition) is 2. The molecule has 1 heterocycles. The molecule has 0 aromatic carbocycles. The minimum atomic E-state index is 0.318. The molecule has 2 N–H and O–H groups in total. The lowest BCUT2D eigenvalue weighted by Crippen LogP contribution is -2.39. The van der Waals surface area contributed by atoms with Crippen LogP contribution in [0, 0.1) is 5.41 Å². The Balaban J connectivity index is 1.87. The zero-order chi connectivity index (χ0) is 18.0. The van der Waals surface area contributed by atoms with Crippen molar-refractivity contribution in [2.24, 2.45) is 10.4 Å². The van der Waals surface area contributed by atoms with Gasteiger partial charge in [-0.2, -0.15) is 0 Å². The van der Waals surface area contributed by atoms with E-state index in [1.807, 2.05) is 18.3 Å². The molecule has 1 aromatic rings. The van der Waals surface area contributed by atoms with Gasteiger partial charge in [0.1, 0.15) is 5.15 Å². The summed E-state index contributed by atoms with van der Waals surface area (Å²) in [6, 6.07) is 3.84. The van der Waals surface area contributed by atoms with Crippen molar-refractivity contribution in [3.8, 4) is 0 Å². The van der Waals surface area contributed by atoms with Gasteiger partial charge in [-0.3, -0.25) is 4.99 Å². The van der Waals surface area contributed by atoms with Crippen LogP contribution in [0.25, 0.3) is 0 Å². The van der Waals surface area contributed by atoms with Gasteiger partial charge in [-0.05, 0) is 49.7 Å². The Bertz CT molecular complexity index is 527. The van der Waals surface area contributed by atoms with Gasteiger partial charge in [0.2, 0.25) is 0 Å². The number of aliphatic imine (C=N–C) groups is 1. The number of nitrogens with one attached hydrogen (secondary N) is 2. The van der Waals surface area contributed by atoms with Gasteiger partial charge in [0.05, 0.1) is 0 Å². The average Bonchev–Trinajstić information content (AvgIpc) is 3.09. The Hall–Kier alpha value is -1.33. The summed E-state index contributed by atoms with van der Waals surface area (Å²) in [6.07, 6.45) is 8.96. The molecule has 0 amide bonds. The minimum absolute atomic E-state index is 0.318. The van der Waals surface area contributed by atoms with Crippen LogP contribution in [0.4, 0.5) is 0 Å². The summed E-state index contributed by atoms with van der Waals surface area (Å²) in [7, 11) is 1.78. The third kappa shape index (κ3) is 6.83. The zero-order valence-electron chi connectivity index (χ0n) is 15.5. The Morgan fingerprint density at radius 1 is 1.32 bits per heavy atom. The van der Waals surface area contributed by atoms with Gasteiger partial charge < -0.3 is 15.4 Å². The number of methoxy groups -OCH3 is 1. The SMILES string of the molecule is CCNC(=NCC1(CCOC)CCCC1)NCCc1ccc(Cl)nc1. The topological polar surface area (TPSA) is 58.5 Å². The Morgan fingerprint density at radius 3 is 2.76 bits per heavy atom. The van der Waals surface area contributed by atoms with Crippen LogP contribution in [0.15, 0.2) is 23.3 Å². The van der Waals surface area contributed by atoms with Crippen LogP contribution >= 0.6 is 11.6 Å². The second-order valence-corrected chi connectivity index (χ2v) is 7.20. The fourth-order valence-corrected chi connectivity index (χ4v) is 3.51. The van der Waals surface area contributed by atoms with Gasteiger partial charge in [0, 0.05) is 39.5 Å². The second kappa shape index (κ2) is 10.6. The molecule has 0 spiro atoms. The van der Waals surface area contributed by atoms with E-state index in [4.69, 9.17) is 21.3 Å². The Labute approximate surface area is 156 Å². The normalized spacial score (nSPS) is 16.8. The first-order valence-corrected chi connectivity index (χ1v) is 9.67. The first kappa shape index (κ1) is 20.0. The minimum Gasteiger partial charge on any atom is -0.385 e. The predicted octanol–water partition coefficient (Wildman–Crippen LogP) is 3.43. The predicted molar refractivity (Wildman–Crippen MR) is 104 cm³/mol. The van der Waals surface area contributed by atoms with Crippen LogP contribution in [-0.2, 0) is 11.2 Å². The zero-order valence-corrected chi connectivity index (χ0v) is 16.2. The highest BCUT2D eigenvalue weighted by molar-refractivity contribution is 6.29. The number of guanidine groups is 1. The van der Waals surface area contributed by atoms with Gasteiger partial charge in [-0.1, -0.05) is 30.5 Å². The molecule has 0 saturated heterocycles. The molecule has 25 heavy (non-hydrogen) atoms. The van der Waals surface area contributed by atoms with Crippen molar-refractivity contribution < 1.29 is 4.74 Å². The molecule has 2 rings (SSSR count). The molecule has 1 aliphatic carbocycles. The molecule has 1 fully saturated rings. The Morgan fingerprint density at radius 2 is 2.12 bits per heavy atom. The molecule has 0 aliphatic heterocycles. The fraction of sp³-hybridized carbons (Fsp3) is 0.684. The van der Waals surface area contributed by atoms with Crippen molar-refractivity contribution in [2.75, 3.05) is 33.4 Å². The van der Waals surface area contributed by atoms with E-state index >= 15 is 0 Å². The van der Waals surface area contributed by atoms with E-state index in [-0.39, 0.29) is 0 Å². The highest BCUT2D eigenvalue weighted by atomic mass is 35.5. The molecule has 0 unspecified atom stereocenters. The van der Waals surface area contributed by atoms with E-state index in [2.05, 4.69) is 22.5 Å². The smallest absolute Gasteiger partial charge is 0.191 e. The van der Waals surface area contributed by atoms with E-state index < -0.39 is 0 Å². The van der Waals surface area contributed by atoms with Crippen LogP contribution in [0.1, 0.15) is 44.6 Å². The fourth-order valence-electron chi connectivity index (χ4n) is 3.40. The summed E-state index contributed by atoms with van der Waals surface area (Å²) in [5.74, 6) is 0.896. The third-order valence-electron chi connectivity index (χ3n) is 4.91. The summed E-state index contributed by atoms with van der Waals surface area (Å²) in [5.41, 5.74) is 1.48. The highest BCUT2D eigenvalue weighted by Gasteiger charge is 2.33. The number of hydrogen-bond acceptors (Lipinski definition) is 3. The van der Waals surface area contributed by atoms with Crippen molar-refractivity contribution >= 4 is 17.6 Å². The molecule has 1 aromatic heterocycles. The van der Waals surface area contributed by atoms with Crippen molar-refractivity contribution in [3.63, 3.8) is 0 Å². The van der Waals surface area contributed by atoms with Gasteiger partial charge >= 0.3 is 0 Å². The first-order chi connectivity index (χ1) is 12.2. The lowest BCUT2D eigenvalue weighted by Gasteiger charge is -2.27. The lowest BCUT2D eigenvalue weighted by molar-refractivity contribution is 0.141. The third-order valence-corrected chi connectivity index (χ3v) is 5.14. The number of nitrogens with zero attached hydrogens (tertiary/aromatic N) is 2. The van der Waals surface area contributed by atoms with Crippen molar-refractivity contribution in [3.05, 3.63) is 29.0 Å². The largest absolute Gasteiger partial charge is 0.385 e. The molecule has 140 valence electrons. The monoisotopic (exact) mass is 366 g/mol. The van der Waals surface area contributed by atoms with Crippen LogP contribution < -0.4 is 10.6 Å². The lowest BCUT2D eigenvalue weighted by atomic mass is 9.83. The summed E-state index contributed by atoms with van der Waals surface area (Å²) in [6.45, 7) is 5.47. The summed E-state index contributed by atoms with van der Waals surface area (Å²) in [5, 5.41) is 7.31. The van der Waals surface area contributed by atoms with Crippen molar-refractivity contribution in [1.29, 1.82) is 0 Å². The summed E-state index contributed by atoms with van der Waals surface area (Å²) in [4.78, 5) is 8.99. The maximum absolute atomic E-state index is 5.83. The van der Waals surface area contributed by atoms with Crippen LogP contribution in [0.3, 0.4) is 0 Å². The number of aromatic nitrogens is 1. The van der Waals surface area contributed by atoms with E-state index in [9.17, 15) is 0 Å². The van der Waals surface area contributed by atoms with Gasteiger partial charge in [0.15, 0.2) is 5.96 Å². The average molecular weight is 367 g/mol. The van der Waals surface area contributed by atoms with Gasteiger partial charge in [0.25, 0.3) is 0 Å². The van der Waals surface area contributed by atoms with Crippen LogP contribution in [-0.4, -0.2) is 44.3 Å². The molecule has 1 aliphatic rings. The molecular formula is C19H31ClN4O. The van der Waals surface area contributed by atoms with Crippen molar-refractivity contribution in [1.82, 2.24) is 15.6 Å².